The molecule has 1 heterocycles. The Morgan fingerprint density at radius 2 is 1.76 bits per heavy atom. The molecule has 0 saturated carbocycles. The lowest BCUT2D eigenvalue weighted by Crippen LogP contribution is -2.44. The van der Waals surface area contributed by atoms with E-state index in [0.29, 0.717) is 11.6 Å². The second-order valence-electron chi connectivity index (χ2n) is 4.54. The number of hydrogen-bond donors (Lipinski definition) is 1. The Hall–Kier alpha value is -0.870. The van der Waals surface area contributed by atoms with Gasteiger partial charge in [-0.1, -0.05) is 13.8 Å². The smallest absolute Gasteiger partial charge is 0.354 e. The van der Waals surface area contributed by atoms with E-state index in [-0.39, 0.29) is 11.7 Å². The van der Waals surface area contributed by atoms with Crippen molar-refractivity contribution in [2.75, 3.05) is 0 Å². The fourth-order valence-corrected chi connectivity index (χ4v) is 2.06. The lowest BCUT2D eigenvalue weighted by molar-refractivity contribution is -0.324. The van der Waals surface area contributed by atoms with Gasteiger partial charge in [-0.05, 0) is 0 Å². The van der Waals surface area contributed by atoms with Crippen LogP contribution in [0.25, 0.3) is 0 Å². The minimum atomic E-state index is -5.50. The summed E-state index contributed by atoms with van der Waals surface area (Å²) in [6.07, 6.45) is -14.8. The average Bonchev–Trinajstić information content (AvgIpc) is 2.70. The van der Waals surface area contributed by atoms with E-state index >= 15 is 0 Å². The van der Waals surface area contributed by atoms with Crippen LogP contribution in [-0.2, 0) is 17.9 Å². The Morgan fingerprint density at radius 3 is 2.24 bits per heavy atom. The summed E-state index contributed by atoms with van der Waals surface area (Å²) in [4.78, 5) is 3.91. The van der Waals surface area contributed by atoms with Crippen molar-refractivity contribution >= 4 is 11.3 Å². The van der Waals surface area contributed by atoms with E-state index in [1.54, 1.807) is 0 Å². The third-order valence-electron chi connectivity index (χ3n) is 2.25. The highest BCUT2D eigenvalue weighted by atomic mass is 32.1. The highest BCUT2D eigenvalue weighted by Crippen LogP contribution is 2.36. The van der Waals surface area contributed by atoms with Gasteiger partial charge in [0.25, 0.3) is 0 Å². The second-order valence-corrected chi connectivity index (χ2v) is 5.49. The molecule has 3 nitrogen and oxygen atoms in total. The molecule has 0 unspecified atom stereocenters. The molecule has 122 valence electrons. The largest absolute Gasteiger partial charge is 0.423 e. The number of alkyl halides is 6. The van der Waals surface area contributed by atoms with Crippen molar-refractivity contribution in [3.8, 4) is 0 Å². The van der Waals surface area contributed by atoms with Crippen LogP contribution in [0.5, 0.6) is 0 Å². The van der Waals surface area contributed by atoms with E-state index in [9.17, 15) is 26.3 Å². The predicted octanol–water partition coefficient (Wildman–Crippen LogP) is 3.65. The molecule has 0 atom stereocenters. The monoisotopic (exact) mass is 336 g/mol. The van der Waals surface area contributed by atoms with Gasteiger partial charge in [0.1, 0.15) is 5.01 Å². The summed E-state index contributed by atoms with van der Waals surface area (Å²) in [7, 11) is 0. The average molecular weight is 336 g/mol. The standard InChI is InChI=1S/C11H14F6N2OS/c1-6(2)18-3-8-19-7(5-21-8)4-20-9(10(12,13)14)11(15,16)17/h5-6,9,18H,3-4H2,1-2H3. The van der Waals surface area contributed by atoms with Crippen molar-refractivity contribution in [3.63, 3.8) is 0 Å². The highest BCUT2D eigenvalue weighted by Gasteiger charge is 2.58. The normalized spacial score (nSPS) is 13.4. The first-order valence-electron chi connectivity index (χ1n) is 5.92. The fraction of sp³-hybridized carbons (Fsp3) is 0.727. The molecule has 21 heavy (non-hydrogen) atoms. The van der Waals surface area contributed by atoms with Crippen LogP contribution in [0.4, 0.5) is 26.3 Å². The topological polar surface area (TPSA) is 34.2 Å². The quantitative estimate of drug-likeness (QED) is 0.805. The zero-order valence-electron chi connectivity index (χ0n) is 11.2. The zero-order valence-corrected chi connectivity index (χ0v) is 12.0. The molecule has 0 amide bonds. The molecular weight excluding hydrogens is 322 g/mol. The molecule has 0 bridgehead atoms. The number of hydrogen-bond acceptors (Lipinski definition) is 4. The van der Waals surface area contributed by atoms with Crippen molar-refractivity contribution in [2.45, 2.75) is 51.5 Å². The minimum Gasteiger partial charge on any atom is -0.354 e. The first-order valence-corrected chi connectivity index (χ1v) is 6.80. The van der Waals surface area contributed by atoms with Crippen LogP contribution in [0.1, 0.15) is 24.5 Å². The van der Waals surface area contributed by atoms with Crippen molar-refractivity contribution in [3.05, 3.63) is 16.1 Å². The predicted molar refractivity (Wildman–Crippen MR) is 64.8 cm³/mol. The van der Waals surface area contributed by atoms with E-state index < -0.39 is 25.1 Å². The maximum absolute atomic E-state index is 12.3. The zero-order chi connectivity index (χ0) is 16.3. The molecule has 0 fully saturated rings. The van der Waals surface area contributed by atoms with E-state index in [0.717, 1.165) is 11.3 Å². The summed E-state index contributed by atoms with van der Waals surface area (Å²) in [6, 6.07) is 0.188. The number of nitrogens with one attached hydrogen (secondary N) is 1. The Kier molecular flexibility index (Phi) is 6.00. The van der Waals surface area contributed by atoms with Gasteiger partial charge in [-0.15, -0.1) is 11.3 Å². The van der Waals surface area contributed by atoms with Crippen LogP contribution in [0, 0.1) is 0 Å². The molecule has 0 spiro atoms. The van der Waals surface area contributed by atoms with Crippen molar-refractivity contribution < 1.29 is 31.1 Å². The number of rotatable bonds is 6. The van der Waals surface area contributed by atoms with Gasteiger partial charge in [0.2, 0.25) is 6.10 Å². The molecule has 1 aromatic heterocycles. The third kappa shape index (κ3) is 6.18. The van der Waals surface area contributed by atoms with Gasteiger partial charge >= 0.3 is 12.4 Å². The number of halogens is 6. The lowest BCUT2D eigenvalue weighted by atomic mass is 10.3. The summed E-state index contributed by atoms with van der Waals surface area (Å²) >= 11 is 1.14. The molecule has 0 aliphatic rings. The summed E-state index contributed by atoms with van der Waals surface area (Å²) in [5.41, 5.74) is 0.0408. The SMILES string of the molecule is CC(C)NCc1nc(COC(C(F)(F)F)C(F)(F)F)cs1. The highest BCUT2D eigenvalue weighted by molar-refractivity contribution is 7.09. The van der Waals surface area contributed by atoms with Gasteiger partial charge < -0.3 is 10.1 Å². The maximum Gasteiger partial charge on any atom is 0.423 e. The van der Waals surface area contributed by atoms with Gasteiger partial charge in [0, 0.05) is 18.0 Å². The summed E-state index contributed by atoms with van der Waals surface area (Å²) < 4.78 is 77.5. The number of ether oxygens (including phenoxy) is 1. The lowest BCUT2D eigenvalue weighted by Gasteiger charge is -2.22. The Balaban J connectivity index is 2.61. The van der Waals surface area contributed by atoms with Gasteiger partial charge in [-0.3, -0.25) is 0 Å². The van der Waals surface area contributed by atoms with Crippen molar-refractivity contribution in [1.82, 2.24) is 10.3 Å². The molecular formula is C11H14F6N2OS. The van der Waals surface area contributed by atoms with Crippen LogP contribution in [0.3, 0.4) is 0 Å². The molecule has 1 aromatic rings. The first-order chi connectivity index (χ1) is 9.50. The van der Waals surface area contributed by atoms with E-state index in [2.05, 4.69) is 15.0 Å². The van der Waals surface area contributed by atoms with Crippen LogP contribution >= 0.6 is 11.3 Å². The molecule has 0 aromatic carbocycles. The molecule has 10 heteroatoms. The molecule has 0 aliphatic carbocycles. The Bertz CT molecular complexity index is 429. The molecule has 1 N–H and O–H groups in total. The van der Waals surface area contributed by atoms with Crippen LogP contribution < -0.4 is 5.32 Å². The van der Waals surface area contributed by atoms with Crippen molar-refractivity contribution in [2.24, 2.45) is 0 Å². The van der Waals surface area contributed by atoms with Crippen LogP contribution in [0.2, 0.25) is 0 Å². The van der Waals surface area contributed by atoms with Crippen molar-refractivity contribution in [1.29, 1.82) is 0 Å². The number of aromatic nitrogens is 1. The Labute approximate surface area is 121 Å². The van der Waals surface area contributed by atoms with Gasteiger partial charge in [-0.25, -0.2) is 4.98 Å². The maximum atomic E-state index is 12.3. The van der Waals surface area contributed by atoms with Crippen LogP contribution in [0.15, 0.2) is 5.38 Å². The summed E-state index contributed by atoms with van der Waals surface area (Å²) in [5, 5.41) is 4.98. The second kappa shape index (κ2) is 6.93. The summed E-state index contributed by atoms with van der Waals surface area (Å²) in [6.45, 7) is 3.34. The molecule has 1 rings (SSSR count). The minimum absolute atomic E-state index is 0.0408. The van der Waals surface area contributed by atoms with Gasteiger partial charge in [0.15, 0.2) is 0 Å². The van der Waals surface area contributed by atoms with E-state index in [4.69, 9.17) is 0 Å². The number of thiazole rings is 1. The Morgan fingerprint density at radius 1 is 1.19 bits per heavy atom. The summed E-state index contributed by atoms with van der Waals surface area (Å²) in [5.74, 6) is 0. The fourth-order valence-electron chi connectivity index (χ4n) is 1.33. The van der Waals surface area contributed by atoms with Gasteiger partial charge in [-0.2, -0.15) is 26.3 Å². The van der Waals surface area contributed by atoms with E-state index in [1.807, 2.05) is 13.8 Å². The van der Waals surface area contributed by atoms with Gasteiger partial charge in [0.05, 0.1) is 12.3 Å². The number of nitrogens with zero attached hydrogens (tertiary/aromatic N) is 1. The molecule has 0 radical (unpaired) electrons. The van der Waals surface area contributed by atoms with Crippen LogP contribution in [-0.4, -0.2) is 29.5 Å². The first kappa shape index (κ1) is 18.2. The molecule has 0 saturated heterocycles. The third-order valence-corrected chi connectivity index (χ3v) is 3.15. The van der Waals surface area contributed by atoms with E-state index in [1.165, 1.54) is 5.38 Å². The molecule has 0 aliphatic heterocycles.